The molecule has 0 aliphatic carbocycles. The van der Waals surface area contributed by atoms with E-state index >= 15 is 0 Å². The summed E-state index contributed by atoms with van der Waals surface area (Å²) in [6.07, 6.45) is 2.00. The number of anilines is 1. The lowest BCUT2D eigenvalue weighted by atomic mass is 10.1. The number of aromatic nitrogens is 1. The Bertz CT molecular complexity index is 1170. The Labute approximate surface area is 185 Å². The Morgan fingerprint density at radius 2 is 2.06 bits per heavy atom. The number of nitriles is 1. The molecule has 8 nitrogen and oxygen atoms in total. The number of rotatable bonds is 6. The van der Waals surface area contributed by atoms with Crippen LogP contribution in [0.25, 0.3) is 10.9 Å². The predicted molar refractivity (Wildman–Crippen MR) is 119 cm³/mol. The molecule has 0 bridgehead atoms. The second-order valence-electron chi connectivity index (χ2n) is 8.01. The van der Waals surface area contributed by atoms with Gasteiger partial charge in [-0.05, 0) is 43.2 Å². The van der Waals surface area contributed by atoms with Gasteiger partial charge in [0.25, 0.3) is 5.91 Å². The van der Waals surface area contributed by atoms with Crippen molar-refractivity contribution < 1.29 is 19.0 Å². The Hall–Kier alpha value is -3.70. The number of ether oxygens (including phenoxy) is 3. The molecule has 32 heavy (non-hydrogen) atoms. The summed E-state index contributed by atoms with van der Waals surface area (Å²) < 4.78 is 17.6. The largest absolute Gasteiger partial charge is 0.492 e. The predicted octanol–water partition coefficient (Wildman–Crippen LogP) is 3.29. The van der Waals surface area contributed by atoms with E-state index in [0.717, 1.165) is 54.9 Å². The van der Waals surface area contributed by atoms with Gasteiger partial charge in [-0.2, -0.15) is 5.26 Å². The van der Waals surface area contributed by atoms with Crippen LogP contribution in [0.3, 0.4) is 0 Å². The van der Waals surface area contributed by atoms with Crippen molar-refractivity contribution in [3.8, 4) is 23.3 Å². The molecule has 2 aliphatic heterocycles. The Kier molecular flexibility index (Phi) is 5.57. The number of nitrogens with zero attached hydrogens (tertiary/aromatic N) is 2. The van der Waals surface area contributed by atoms with Gasteiger partial charge in [0.2, 0.25) is 0 Å². The number of aromatic amines is 1. The monoisotopic (exact) mass is 432 g/mol. The molecule has 3 heterocycles. The third kappa shape index (κ3) is 4.34. The number of amides is 1. The maximum absolute atomic E-state index is 11.5. The van der Waals surface area contributed by atoms with Crippen LogP contribution in [0.4, 0.5) is 5.69 Å². The second-order valence-corrected chi connectivity index (χ2v) is 8.01. The normalized spacial score (nSPS) is 16.7. The fourth-order valence-corrected chi connectivity index (χ4v) is 4.18. The van der Waals surface area contributed by atoms with Crippen molar-refractivity contribution in [2.45, 2.75) is 18.9 Å². The molecule has 5 rings (SSSR count). The van der Waals surface area contributed by atoms with Crippen molar-refractivity contribution in [3.05, 3.63) is 48.2 Å². The van der Waals surface area contributed by atoms with Gasteiger partial charge in [-0.25, -0.2) is 0 Å². The van der Waals surface area contributed by atoms with E-state index in [-0.39, 0.29) is 18.6 Å². The number of carbonyl (C=O) groups excluding carboxylic acids is 1. The zero-order valence-corrected chi connectivity index (χ0v) is 17.6. The molecule has 1 amide bonds. The molecule has 0 atom stereocenters. The highest BCUT2D eigenvalue weighted by molar-refractivity contribution is 5.95. The highest BCUT2D eigenvalue weighted by atomic mass is 16.5. The fraction of sp³-hybridized carbons (Fsp3) is 0.333. The summed E-state index contributed by atoms with van der Waals surface area (Å²) in [5.74, 6) is 2.06. The molecule has 1 fully saturated rings. The SMILES string of the molecule is N#Cc1cc2c(OCCN3CCC(Oc4ccc5c(c4)NC(=O)CO5)CC3)cccc2[nH]1. The van der Waals surface area contributed by atoms with Gasteiger partial charge < -0.3 is 24.5 Å². The number of hydrogen-bond donors (Lipinski definition) is 2. The lowest BCUT2D eigenvalue weighted by Crippen LogP contribution is -2.40. The van der Waals surface area contributed by atoms with Gasteiger partial charge in [0, 0.05) is 31.1 Å². The Balaban J connectivity index is 1.10. The van der Waals surface area contributed by atoms with Crippen molar-refractivity contribution in [2.75, 3.05) is 38.2 Å². The number of piperidine rings is 1. The first kappa shape index (κ1) is 20.2. The molecule has 3 aromatic rings. The molecule has 8 heteroatoms. The van der Waals surface area contributed by atoms with Gasteiger partial charge >= 0.3 is 0 Å². The molecule has 164 valence electrons. The maximum Gasteiger partial charge on any atom is 0.262 e. The first-order valence-electron chi connectivity index (χ1n) is 10.8. The summed E-state index contributed by atoms with van der Waals surface area (Å²) in [5.41, 5.74) is 2.10. The van der Waals surface area contributed by atoms with E-state index in [2.05, 4.69) is 21.3 Å². The zero-order valence-electron chi connectivity index (χ0n) is 17.6. The highest BCUT2D eigenvalue weighted by Gasteiger charge is 2.22. The van der Waals surface area contributed by atoms with Gasteiger partial charge in [-0.15, -0.1) is 0 Å². The minimum atomic E-state index is -0.150. The van der Waals surface area contributed by atoms with Crippen molar-refractivity contribution in [1.82, 2.24) is 9.88 Å². The topological polar surface area (TPSA) is 99.6 Å². The lowest BCUT2D eigenvalue weighted by molar-refractivity contribution is -0.118. The van der Waals surface area contributed by atoms with Gasteiger partial charge in [0.05, 0.1) is 11.2 Å². The van der Waals surface area contributed by atoms with Gasteiger partial charge in [-0.1, -0.05) is 6.07 Å². The molecule has 2 aromatic carbocycles. The van der Waals surface area contributed by atoms with Crippen molar-refractivity contribution in [1.29, 1.82) is 5.26 Å². The number of likely N-dealkylation sites (tertiary alicyclic amines) is 1. The van der Waals surface area contributed by atoms with Gasteiger partial charge in [-0.3, -0.25) is 9.69 Å². The van der Waals surface area contributed by atoms with E-state index in [0.29, 0.717) is 23.7 Å². The van der Waals surface area contributed by atoms with Crippen molar-refractivity contribution in [2.24, 2.45) is 0 Å². The molecule has 0 saturated carbocycles. The van der Waals surface area contributed by atoms with E-state index in [4.69, 9.17) is 19.5 Å². The minimum Gasteiger partial charge on any atom is -0.492 e. The van der Waals surface area contributed by atoms with Crippen LogP contribution in [0.5, 0.6) is 17.2 Å². The van der Waals surface area contributed by atoms with Crippen LogP contribution in [0, 0.1) is 11.3 Å². The highest BCUT2D eigenvalue weighted by Crippen LogP contribution is 2.32. The molecule has 0 unspecified atom stereocenters. The van der Waals surface area contributed by atoms with E-state index < -0.39 is 0 Å². The summed E-state index contributed by atoms with van der Waals surface area (Å²) >= 11 is 0. The molecule has 2 aliphatic rings. The van der Waals surface area contributed by atoms with Gasteiger partial charge in [0.15, 0.2) is 6.61 Å². The van der Waals surface area contributed by atoms with E-state index in [1.165, 1.54) is 0 Å². The molecule has 1 aromatic heterocycles. The molecule has 0 spiro atoms. The maximum atomic E-state index is 11.5. The third-order valence-corrected chi connectivity index (χ3v) is 5.83. The van der Waals surface area contributed by atoms with E-state index in [9.17, 15) is 4.79 Å². The summed E-state index contributed by atoms with van der Waals surface area (Å²) in [4.78, 5) is 17.0. The fourth-order valence-electron chi connectivity index (χ4n) is 4.18. The average molecular weight is 432 g/mol. The quantitative estimate of drug-likeness (QED) is 0.620. The van der Waals surface area contributed by atoms with Crippen molar-refractivity contribution >= 4 is 22.5 Å². The number of hydrogen-bond acceptors (Lipinski definition) is 6. The minimum absolute atomic E-state index is 0.0522. The first-order valence-corrected chi connectivity index (χ1v) is 10.8. The Morgan fingerprint density at radius 1 is 1.19 bits per heavy atom. The van der Waals surface area contributed by atoms with E-state index in [1.54, 1.807) is 0 Å². The standard InChI is InChI=1S/C24H24N4O4/c25-14-16-12-19-20(26-16)2-1-3-22(19)30-11-10-28-8-6-17(7-9-28)32-18-4-5-23-21(13-18)27-24(29)15-31-23/h1-5,12-13,17,26H,6-11,15H2,(H,27,29). The summed E-state index contributed by atoms with van der Waals surface area (Å²) in [5, 5.41) is 12.8. The molecule has 2 N–H and O–H groups in total. The lowest BCUT2D eigenvalue weighted by Gasteiger charge is -2.32. The van der Waals surface area contributed by atoms with Crippen LogP contribution < -0.4 is 19.5 Å². The number of nitrogens with one attached hydrogen (secondary N) is 2. The molecular weight excluding hydrogens is 408 g/mol. The molecule has 1 saturated heterocycles. The summed E-state index contributed by atoms with van der Waals surface area (Å²) in [7, 11) is 0. The summed E-state index contributed by atoms with van der Waals surface area (Å²) in [6, 6.07) is 15.3. The second kappa shape index (κ2) is 8.81. The smallest absolute Gasteiger partial charge is 0.262 e. The average Bonchev–Trinajstić information content (AvgIpc) is 3.24. The van der Waals surface area contributed by atoms with Crippen LogP contribution in [0.1, 0.15) is 18.5 Å². The van der Waals surface area contributed by atoms with Crippen molar-refractivity contribution in [3.63, 3.8) is 0 Å². The summed E-state index contributed by atoms with van der Waals surface area (Å²) in [6.45, 7) is 3.34. The van der Waals surface area contributed by atoms with Crippen LogP contribution in [-0.2, 0) is 4.79 Å². The number of carbonyl (C=O) groups is 1. The number of fused-ring (bicyclic) bond motifs is 2. The third-order valence-electron chi connectivity index (χ3n) is 5.83. The number of benzene rings is 2. The van der Waals surface area contributed by atoms with Crippen LogP contribution in [-0.4, -0.2) is 54.7 Å². The number of H-pyrrole nitrogens is 1. The molecule has 0 radical (unpaired) electrons. The van der Waals surface area contributed by atoms with Gasteiger partial charge in [0.1, 0.15) is 41.7 Å². The molecular formula is C24H24N4O4. The van der Waals surface area contributed by atoms with E-state index in [1.807, 2.05) is 42.5 Å². The van der Waals surface area contributed by atoms with Crippen LogP contribution in [0.2, 0.25) is 0 Å². The Morgan fingerprint density at radius 3 is 2.91 bits per heavy atom. The first-order chi connectivity index (χ1) is 15.7. The van der Waals surface area contributed by atoms with Crippen LogP contribution in [0.15, 0.2) is 42.5 Å². The van der Waals surface area contributed by atoms with Crippen LogP contribution >= 0.6 is 0 Å². The zero-order chi connectivity index (χ0) is 21.9.